The van der Waals surface area contributed by atoms with Gasteiger partial charge in [-0.1, -0.05) is 0 Å². The molecule has 1 amide bonds. The maximum Gasteiger partial charge on any atom is 0.410 e. The van der Waals surface area contributed by atoms with Gasteiger partial charge < -0.3 is 9.64 Å². The highest BCUT2D eigenvalue weighted by Crippen LogP contribution is 2.10. The van der Waals surface area contributed by atoms with Crippen molar-refractivity contribution < 1.29 is 14.3 Å². The molecule has 0 aromatic carbocycles. The van der Waals surface area contributed by atoms with Gasteiger partial charge in [0.2, 0.25) is 0 Å². The molecule has 0 saturated carbocycles. The Balaban J connectivity index is 2.39. The molecule has 0 saturated heterocycles. The summed E-state index contributed by atoms with van der Waals surface area (Å²) in [6.45, 7) is 5.76. The van der Waals surface area contributed by atoms with E-state index in [2.05, 4.69) is 4.37 Å². The number of ketones is 1. The van der Waals surface area contributed by atoms with Gasteiger partial charge in [0.1, 0.15) is 5.60 Å². The summed E-state index contributed by atoms with van der Waals surface area (Å²) in [7, 11) is 1.62. The fourth-order valence-corrected chi connectivity index (χ4v) is 1.73. The molecule has 6 heteroatoms. The van der Waals surface area contributed by atoms with Gasteiger partial charge in [0.25, 0.3) is 0 Å². The van der Waals surface area contributed by atoms with Crippen LogP contribution in [0.2, 0.25) is 0 Å². The topological polar surface area (TPSA) is 59.5 Å². The van der Waals surface area contributed by atoms with Gasteiger partial charge >= 0.3 is 6.09 Å². The molecule has 0 bridgehead atoms. The molecule has 0 unspecified atom stereocenters. The molecule has 0 atom stereocenters. The second-order valence-corrected chi connectivity index (χ2v) is 5.65. The average Bonchev–Trinajstić information content (AvgIpc) is 2.76. The van der Waals surface area contributed by atoms with Crippen LogP contribution in [0.5, 0.6) is 0 Å². The number of hydrogen-bond acceptors (Lipinski definition) is 5. The SMILES string of the molecule is CN(CCC(=O)c1cnsc1)C(=O)OC(C)(C)C. The first-order chi connectivity index (χ1) is 8.29. The molecule has 0 aliphatic heterocycles. The van der Waals surface area contributed by atoms with Crippen molar-refractivity contribution in [1.29, 1.82) is 0 Å². The summed E-state index contributed by atoms with van der Waals surface area (Å²) in [5.74, 6) is -0.0147. The molecule has 1 aromatic heterocycles. The van der Waals surface area contributed by atoms with Crippen molar-refractivity contribution in [3.63, 3.8) is 0 Å². The molecule has 18 heavy (non-hydrogen) atoms. The van der Waals surface area contributed by atoms with E-state index in [1.807, 2.05) is 0 Å². The van der Waals surface area contributed by atoms with Crippen molar-refractivity contribution in [1.82, 2.24) is 9.27 Å². The fourth-order valence-electron chi connectivity index (χ4n) is 1.19. The smallest absolute Gasteiger partial charge is 0.410 e. The second kappa shape index (κ2) is 5.95. The molecule has 100 valence electrons. The minimum Gasteiger partial charge on any atom is -0.444 e. The van der Waals surface area contributed by atoms with Crippen molar-refractivity contribution in [3.8, 4) is 0 Å². The van der Waals surface area contributed by atoms with Gasteiger partial charge in [-0.3, -0.25) is 4.79 Å². The highest BCUT2D eigenvalue weighted by Gasteiger charge is 2.20. The van der Waals surface area contributed by atoms with Gasteiger partial charge in [0, 0.05) is 31.0 Å². The van der Waals surface area contributed by atoms with Crippen LogP contribution in [0.4, 0.5) is 4.79 Å². The third-order valence-electron chi connectivity index (χ3n) is 2.13. The number of nitrogens with zero attached hydrogens (tertiary/aromatic N) is 2. The third kappa shape index (κ3) is 4.83. The van der Waals surface area contributed by atoms with Crippen LogP contribution in [0, 0.1) is 0 Å². The zero-order chi connectivity index (χ0) is 13.8. The molecule has 5 nitrogen and oxygen atoms in total. The largest absolute Gasteiger partial charge is 0.444 e. The normalized spacial score (nSPS) is 11.1. The molecule has 1 rings (SSSR count). The van der Waals surface area contributed by atoms with E-state index in [9.17, 15) is 9.59 Å². The Morgan fingerprint density at radius 2 is 2.11 bits per heavy atom. The van der Waals surface area contributed by atoms with Crippen LogP contribution >= 0.6 is 11.5 Å². The summed E-state index contributed by atoms with van der Waals surface area (Å²) in [5, 5.41) is 1.70. The quantitative estimate of drug-likeness (QED) is 0.789. The number of hydrogen-bond donors (Lipinski definition) is 0. The first-order valence-electron chi connectivity index (χ1n) is 5.66. The Kier molecular flexibility index (Phi) is 4.84. The summed E-state index contributed by atoms with van der Waals surface area (Å²) in [6.07, 6.45) is 1.40. The number of aromatic nitrogens is 1. The van der Waals surface area contributed by atoms with Gasteiger partial charge in [-0.15, -0.1) is 0 Å². The number of ether oxygens (including phenoxy) is 1. The van der Waals surface area contributed by atoms with E-state index in [0.717, 1.165) is 0 Å². The average molecular weight is 270 g/mol. The van der Waals surface area contributed by atoms with Crippen molar-refractivity contribution >= 4 is 23.4 Å². The lowest BCUT2D eigenvalue weighted by Crippen LogP contribution is -2.35. The highest BCUT2D eigenvalue weighted by atomic mass is 32.1. The van der Waals surface area contributed by atoms with Crippen molar-refractivity contribution in [2.24, 2.45) is 0 Å². The minimum atomic E-state index is -0.521. The van der Waals surface area contributed by atoms with Crippen LogP contribution in [0.3, 0.4) is 0 Å². The number of carbonyl (C=O) groups is 2. The monoisotopic (exact) mass is 270 g/mol. The summed E-state index contributed by atoms with van der Waals surface area (Å²) < 4.78 is 9.06. The Bertz CT molecular complexity index is 409. The third-order valence-corrected chi connectivity index (χ3v) is 2.72. The summed E-state index contributed by atoms with van der Waals surface area (Å²) in [5.41, 5.74) is 0.0738. The van der Waals surface area contributed by atoms with Crippen molar-refractivity contribution in [2.75, 3.05) is 13.6 Å². The molecule has 0 aliphatic carbocycles. The molecule has 0 N–H and O–H groups in total. The lowest BCUT2D eigenvalue weighted by molar-refractivity contribution is 0.0298. The molecule has 1 aromatic rings. The number of carbonyl (C=O) groups excluding carboxylic acids is 2. The van der Waals surface area contributed by atoms with Crippen LogP contribution in [-0.2, 0) is 4.74 Å². The maximum absolute atomic E-state index is 11.7. The molecule has 0 fully saturated rings. The van der Waals surface area contributed by atoms with E-state index < -0.39 is 11.7 Å². The standard InChI is InChI=1S/C12H18N2O3S/c1-12(2,3)17-11(16)14(4)6-5-10(15)9-7-13-18-8-9/h7-8H,5-6H2,1-4H3. The predicted molar refractivity (Wildman–Crippen MR) is 69.9 cm³/mol. The maximum atomic E-state index is 11.7. The minimum absolute atomic E-state index is 0.0147. The van der Waals surface area contributed by atoms with Gasteiger partial charge in [-0.05, 0) is 32.3 Å². The van der Waals surface area contributed by atoms with Crippen LogP contribution in [-0.4, -0.2) is 40.3 Å². The van der Waals surface area contributed by atoms with Gasteiger partial charge in [0.15, 0.2) is 5.78 Å². The zero-order valence-corrected chi connectivity index (χ0v) is 11.9. The van der Waals surface area contributed by atoms with E-state index in [4.69, 9.17) is 4.74 Å². The summed E-state index contributed by atoms with van der Waals surface area (Å²) in [6, 6.07) is 0. The molecule has 0 radical (unpaired) electrons. The Morgan fingerprint density at radius 3 is 2.61 bits per heavy atom. The van der Waals surface area contributed by atoms with E-state index in [1.165, 1.54) is 16.4 Å². The zero-order valence-electron chi connectivity index (χ0n) is 11.1. The van der Waals surface area contributed by atoms with Gasteiger partial charge in [-0.25, -0.2) is 9.17 Å². The summed E-state index contributed by atoms with van der Waals surface area (Å²) >= 11 is 1.24. The Hall–Kier alpha value is -1.43. The first-order valence-corrected chi connectivity index (χ1v) is 6.50. The van der Waals surface area contributed by atoms with Crippen LogP contribution in [0.25, 0.3) is 0 Å². The van der Waals surface area contributed by atoms with E-state index >= 15 is 0 Å². The van der Waals surface area contributed by atoms with E-state index in [0.29, 0.717) is 12.1 Å². The lowest BCUT2D eigenvalue weighted by Gasteiger charge is -2.24. The van der Waals surface area contributed by atoms with Crippen molar-refractivity contribution in [3.05, 3.63) is 17.1 Å². The summed E-state index contributed by atoms with van der Waals surface area (Å²) in [4.78, 5) is 24.8. The lowest BCUT2D eigenvalue weighted by atomic mass is 10.2. The Morgan fingerprint density at radius 1 is 1.44 bits per heavy atom. The van der Waals surface area contributed by atoms with Crippen LogP contribution < -0.4 is 0 Å². The van der Waals surface area contributed by atoms with Crippen LogP contribution in [0.1, 0.15) is 37.6 Å². The van der Waals surface area contributed by atoms with E-state index in [1.54, 1.807) is 39.4 Å². The highest BCUT2D eigenvalue weighted by molar-refractivity contribution is 7.03. The van der Waals surface area contributed by atoms with Gasteiger partial charge in [0.05, 0.1) is 6.20 Å². The Labute approximate surface area is 111 Å². The number of rotatable bonds is 4. The predicted octanol–water partition coefficient (Wildman–Crippen LogP) is 2.58. The van der Waals surface area contributed by atoms with Crippen molar-refractivity contribution in [2.45, 2.75) is 32.8 Å². The van der Waals surface area contributed by atoms with Gasteiger partial charge in [-0.2, -0.15) is 0 Å². The molecular formula is C12H18N2O3S. The number of amides is 1. The fraction of sp³-hybridized carbons (Fsp3) is 0.583. The number of Topliss-reactive ketones (excluding diaryl/α,β-unsaturated/α-hetero) is 1. The molecule has 0 spiro atoms. The molecule has 0 aliphatic rings. The van der Waals surface area contributed by atoms with E-state index in [-0.39, 0.29) is 12.2 Å². The van der Waals surface area contributed by atoms with Crippen LogP contribution in [0.15, 0.2) is 11.6 Å². The second-order valence-electron chi connectivity index (χ2n) is 4.99. The first kappa shape index (κ1) is 14.6. The molecular weight excluding hydrogens is 252 g/mol. The molecule has 1 heterocycles.